The number of anilines is 1. The molecule has 1 amide bonds. The number of carbonyl (C=O) groups is 3. The van der Waals surface area contributed by atoms with Crippen molar-refractivity contribution in [3.05, 3.63) is 53.1 Å². The van der Waals surface area contributed by atoms with Gasteiger partial charge in [0.1, 0.15) is 17.0 Å². The Kier molecular flexibility index (Phi) is 8.20. The van der Waals surface area contributed by atoms with E-state index in [0.29, 0.717) is 28.3 Å². The number of esters is 1. The van der Waals surface area contributed by atoms with Crippen LogP contribution in [0.5, 0.6) is 11.5 Å². The largest absolute Gasteiger partial charge is 0.496 e. The zero-order valence-electron chi connectivity index (χ0n) is 22.7. The third kappa shape index (κ3) is 5.58. The first-order valence-electron chi connectivity index (χ1n) is 12.5. The summed E-state index contributed by atoms with van der Waals surface area (Å²) in [5.74, 6) is -1.15. The van der Waals surface area contributed by atoms with Crippen molar-refractivity contribution in [2.75, 3.05) is 25.2 Å². The molecule has 0 aliphatic carbocycles. The SMILES string of the molecule is CCOC(=O)COc1cccc2c1CC(CC(C)C)(C(=O)O)N2C(=O)c1ccc(C(C)(C)C)c(OC)c1. The number of hydrogen-bond donors (Lipinski definition) is 1. The van der Waals surface area contributed by atoms with E-state index in [1.54, 1.807) is 44.4 Å². The highest BCUT2D eigenvalue weighted by atomic mass is 16.6. The number of rotatable bonds is 9. The van der Waals surface area contributed by atoms with Crippen LogP contribution in [0.4, 0.5) is 5.69 Å². The van der Waals surface area contributed by atoms with Crippen LogP contribution in [0.15, 0.2) is 36.4 Å². The van der Waals surface area contributed by atoms with Crippen molar-refractivity contribution in [1.29, 1.82) is 0 Å². The fraction of sp³-hybridized carbons (Fsp3) is 0.483. The molecule has 8 heteroatoms. The molecule has 1 unspecified atom stereocenters. The van der Waals surface area contributed by atoms with E-state index >= 15 is 0 Å². The Morgan fingerprint density at radius 3 is 2.38 bits per heavy atom. The quantitative estimate of drug-likeness (QED) is 0.472. The Balaban J connectivity index is 2.14. The lowest BCUT2D eigenvalue weighted by atomic mass is 9.84. The summed E-state index contributed by atoms with van der Waals surface area (Å²) >= 11 is 0. The lowest BCUT2D eigenvalue weighted by Gasteiger charge is -2.36. The molecule has 37 heavy (non-hydrogen) atoms. The second-order valence-electron chi connectivity index (χ2n) is 10.8. The number of hydrogen-bond acceptors (Lipinski definition) is 6. The van der Waals surface area contributed by atoms with Crippen LogP contribution in [-0.2, 0) is 26.2 Å². The summed E-state index contributed by atoms with van der Waals surface area (Å²) in [4.78, 5) is 40.3. The molecule has 0 fully saturated rings. The summed E-state index contributed by atoms with van der Waals surface area (Å²) in [6, 6.07) is 10.3. The average Bonchev–Trinajstić information content (AvgIpc) is 3.16. The van der Waals surface area contributed by atoms with Crippen LogP contribution in [0.25, 0.3) is 0 Å². The van der Waals surface area contributed by atoms with Gasteiger partial charge in [0.2, 0.25) is 0 Å². The molecular formula is C29H37NO7. The normalized spacial score (nSPS) is 16.9. The van der Waals surface area contributed by atoms with E-state index in [2.05, 4.69) is 20.8 Å². The number of aliphatic carboxylic acids is 1. The third-order valence-electron chi connectivity index (χ3n) is 6.50. The lowest BCUT2D eigenvalue weighted by molar-refractivity contribution is -0.146. The Hall–Kier alpha value is -3.55. The molecule has 200 valence electrons. The second-order valence-corrected chi connectivity index (χ2v) is 10.8. The number of carbonyl (C=O) groups excluding carboxylic acids is 2. The molecule has 1 heterocycles. The first kappa shape index (κ1) is 28.0. The summed E-state index contributed by atoms with van der Waals surface area (Å²) < 4.78 is 16.3. The number of amides is 1. The van der Waals surface area contributed by atoms with Crippen molar-refractivity contribution in [2.45, 2.75) is 65.3 Å². The monoisotopic (exact) mass is 511 g/mol. The fourth-order valence-corrected chi connectivity index (χ4v) is 4.99. The molecule has 1 aliphatic heterocycles. The summed E-state index contributed by atoms with van der Waals surface area (Å²) in [6.45, 7) is 11.6. The van der Waals surface area contributed by atoms with E-state index < -0.39 is 23.4 Å². The van der Waals surface area contributed by atoms with Crippen molar-refractivity contribution < 1.29 is 33.7 Å². The van der Waals surface area contributed by atoms with Crippen LogP contribution in [0.1, 0.15) is 69.4 Å². The minimum Gasteiger partial charge on any atom is -0.496 e. The van der Waals surface area contributed by atoms with Crippen LogP contribution >= 0.6 is 0 Å². The van der Waals surface area contributed by atoms with E-state index in [1.807, 2.05) is 19.9 Å². The minimum absolute atomic E-state index is 0.0117. The molecule has 0 radical (unpaired) electrons. The van der Waals surface area contributed by atoms with Crippen LogP contribution in [0.2, 0.25) is 0 Å². The summed E-state index contributed by atoms with van der Waals surface area (Å²) in [7, 11) is 1.55. The molecule has 0 bridgehead atoms. The first-order valence-corrected chi connectivity index (χ1v) is 12.5. The predicted molar refractivity (Wildman–Crippen MR) is 141 cm³/mol. The highest BCUT2D eigenvalue weighted by Crippen LogP contribution is 2.47. The molecule has 0 saturated heterocycles. The molecule has 3 rings (SSSR count). The molecule has 1 atom stereocenters. The van der Waals surface area contributed by atoms with Crippen LogP contribution in [0, 0.1) is 5.92 Å². The van der Waals surface area contributed by atoms with Crippen molar-refractivity contribution in [2.24, 2.45) is 5.92 Å². The van der Waals surface area contributed by atoms with Gasteiger partial charge in [-0.05, 0) is 54.5 Å². The molecule has 1 aliphatic rings. The van der Waals surface area contributed by atoms with Gasteiger partial charge < -0.3 is 19.3 Å². The van der Waals surface area contributed by atoms with Crippen LogP contribution in [-0.4, -0.2) is 48.8 Å². The number of methoxy groups -OCH3 is 1. The molecule has 0 spiro atoms. The van der Waals surface area contributed by atoms with E-state index in [4.69, 9.17) is 14.2 Å². The van der Waals surface area contributed by atoms with Gasteiger partial charge in [-0.15, -0.1) is 0 Å². The Labute approximate surface area is 218 Å². The van der Waals surface area contributed by atoms with E-state index in [9.17, 15) is 19.5 Å². The molecule has 0 saturated carbocycles. The van der Waals surface area contributed by atoms with E-state index in [1.165, 1.54) is 4.90 Å². The number of carboxylic acid groups (broad SMARTS) is 1. The Bertz CT molecular complexity index is 1180. The first-order chi connectivity index (χ1) is 17.4. The second kappa shape index (κ2) is 10.8. The standard InChI is InChI=1S/C29H37NO7/c1-8-36-25(31)17-37-23-11-9-10-22-20(23)16-29(27(33)34,15-18(2)3)30(22)26(32)19-12-13-21(28(4,5)6)24(14-19)35-7/h9-14,18H,8,15-17H2,1-7H3,(H,33,34). The maximum absolute atomic E-state index is 14.1. The van der Waals surface area contributed by atoms with Gasteiger partial charge in [-0.3, -0.25) is 9.69 Å². The smallest absolute Gasteiger partial charge is 0.344 e. The van der Waals surface area contributed by atoms with Gasteiger partial charge in [0.05, 0.1) is 19.4 Å². The van der Waals surface area contributed by atoms with Crippen molar-refractivity contribution in [3.8, 4) is 11.5 Å². The highest BCUT2D eigenvalue weighted by molar-refractivity contribution is 6.13. The number of nitrogens with zero attached hydrogens (tertiary/aromatic N) is 1. The van der Waals surface area contributed by atoms with Gasteiger partial charge in [0.25, 0.3) is 5.91 Å². The van der Waals surface area contributed by atoms with Gasteiger partial charge in [0, 0.05) is 17.5 Å². The molecular weight excluding hydrogens is 474 g/mol. The van der Waals surface area contributed by atoms with Gasteiger partial charge >= 0.3 is 11.9 Å². The zero-order valence-corrected chi connectivity index (χ0v) is 22.7. The van der Waals surface area contributed by atoms with Crippen LogP contribution < -0.4 is 14.4 Å². The third-order valence-corrected chi connectivity index (χ3v) is 6.50. The fourth-order valence-electron chi connectivity index (χ4n) is 4.99. The zero-order chi connectivity index (χ0) is 27.5. The number of carboxylic acids is 1. The van der Waals surface area contributed by atoms with Crippen molar-refractivity contribution in [1.82, 2.24) is 0 Å². The Morgan fingerprint density at radius 1 is 1.11 bits per heavy atom. The number of fused-ring (bicyclic) bond motifs is 1. The molecule has 8 nitrogen and oxygen atoms in total. The molecule has 2 aromatic rings. The predicted octanol–water partition coefficient (Wildman–Crippen LogP) is 5.01. The topological polar surface area (TPSA) is 102 Å². The summed E-state index contributed by atoms with van der Waals surface area (Å²) in [5, 5.41) is 10.5. The summed E-state index contributed by atoms with van der Waals surface area (Å²) in [6.07, 6.45) is 0.287. The van der Waals surface area contributed by atoms with Gasteiger partial charge in [-0.1, -0.05) is 46.8 Å². The van der Waals surface area contributed by atoms with Gasteiger partial charge in [-0.2, -0.15) is 0 Å². The molecule has 0 aromatic heterocycles. The highest BCUT2D eigenvalue weighted by Gasteiger charge is 2.54. The van der Waals surface area contributed by atoms with Gasteiger partial charge in [-0.25, -0.2) is 9.59 Å². The number of ether oxygens (including phenoxy) is 3. The number of benzene rings is 2. The Morgan fingerprint density at radius 2 is 1.81 bits per heavy atom. The van der Waals surface area contributed by atoms with Crippen molar-refractivity contribution in [3.63, 3.8) is 0 Å². The molecule has 1 N–H and O–H groups in total. The summed E-state index contributed by atoms with van der Waals surface area (Å²) in [5.41, 5.74) is 0.558. The minimum atomic E-state index is -1.52. The van der Waals surface area contributed by atoms with Gasteiger partial charge in [0.15, 0.2) is 6.61 Å². The van der Waals surface area contributed by atoms with Crippen molar-refractivity contribution >= 4 is 23.5 Å². The molecule has 2 aromatic carbocycles. The maximum Gasteiger partial charge on any atom is 0.344 e. The van der Waals surface area contributed by atoms with Crippen LogP contribution in [0.3, 0.4) is 0 Å². The van der Waals surface area contributed by atoms with E-state index in [-0.39, 0.29) is 37.4 Å². The van der Waals surface area contributed by atoms with E-state index in [0.717, 1.165) is 5.56 Å². The maximum atomic E-state index is 14.1. The lowest BCUT2D eigenvalue weighted by Crippen LogP contribution is -2.56. The average molecular weight is 512 g/mol.